The van der Waals surface area contributed by atoms with Gasteiger partial charge in [-0.25, -0.2) is 9.37 Å². The van der Waals surface area contributed by atoms with Crippen molar-refractivity contribution in [2.24, 2.45) is 0 Å². The molecule has 0 aliphatic rings. The second-order valence-electron chi connectivity index (χ2n) is 4.33. The summed E-state index contributed by atoms with van der Waals surface area (Å²) >= 11 is 0. The highest BCUT2D eigenvalue weighted by atomic mass is 19.1. The Morgan fingerprint density at radius 1 is 1.00 bits per heavy atom. The lowest BCUT2D eigenvalue weighted by Gasteiger charge is -2.06. The number of nitrogens with one attached hydrogen (secondary N) is 1. The summed E-state index contributed by atoms with van der Waals surface area (Å²) in [5.41, 5.74) is 3.25. The SMILES string of the molecule is CNc1ccc(-c2cc(F)c3ccccc3n2)cc1. The van der Waals surface area contributed by atoms with E-state index in [4.69, 9.17) is 0 Å². The van der Waals surface area contributed by atoms with Crippen molar-refractivity contribution in [3.05, 3.63) is 60.4 Å². The molecule has 2 aromatic carbocycles. The van der Waals surface area contributed by atoms with Gasteiger partial charge in [-0.3, -0.25) is 0 Å². The fraction of sp³-hybridized carbons (Fsp3) is 0.0625. The van der Waals surface area contributed by atoms with Gasteiger partial charge in [-0.2, -0.15) is 0 Å². The molecule has 0 atom stereocenters. The first-order chi connectivity index (χ1) is 9.28. The van der Waals surface area contributed by atoms with Gasteiger partial charge in [0.05, 0.1) is 11.2 Å². The summed E-state index contributed by atoms with van der Waals surface area (Å²) < 4.78 is 14.0. The van der Waals surface area contributed by atoms with Crippen LogP contribution in [0.15, 0.2) is 54.6 Å². The maximum Gasteiger partial charge on any atom is 0.134 e. The predicted octanol–water partition coefficient (Wildman–Crippen LogP) is 4.08. The van der Waals surface area contributed by atoms with Crippen molar-refractivity contribution >= 4 is 16.6 Å². The van der Waals surface area contributed by atoms with Gasteiger partial charge in [-0.1, -0.05) is 24.3 Å². The van der Waals surface area contributed by atoms with Gasteiger partial charge in [0.15, 0.2) is 0 Å². The van der Waals surface area contributed by atoms with Crippen LogP contribution in [0.2, 0.25) is 0 Å². The Bertz CT molecular complexity index is 720. The highest BCUT2D eigenvalue weighted by Crippen LogP contribution is 2.24. The lowest BCUT2D eigenvalue weighted by atomic mass is 10.1. The van der Waals surface area contributed by atoms with E-state index in [1.165, 1.54) is 6.07 Å². The third kappa shape index (κ3) is 2.15. The van der Waals surface area contributed by atoms with E-state index in [0.29, 0.717) is 16.6 Å². The average Bonchev–Trinajstić information content (AvgIpc) is 2.47. The Morgan fingerprint density at radius 3 is 2.47 bits per heavy atom. The van der Waals surface area contributed by atoms with Crippen molar-refractivity contribution in [1.82, 2.24) is 4.98 Å². The van der Waals surface area contributed by atoms with E-state index in [-0.39, 0.29) is 5.82 Å². The van der Waals surface area contributed by atoms with Crippen LogP contribution in [0.5, 0.6) is 0 Å². The number of aromatic nitrogens is 1. The molecule has 0 aliphatic heterocycles. The number of anilines is 1. The molecule has 0 unspecified atom stereocenters. The molecular formula is C16H13FN2. The first-order valence-electron chi connectivity index (χ1n) is 6.11. The molecule has 0 saturated heterocycles. The standard InChI is InChI=1S/C16H13FN2/c1-18-12-8-6-11(7-9-12)16-10-14(17)13-4-2-3-5-15(13)19-16/h2-10,18H,1H3. The zero-order valence-corrected chi connectivity index (χ0v) is 10.5. The van der Waals surface area contributed by atoms with Crippen molar-refractivity contribution in [3.8, 4) is 11.3 Å². The molecule has 0 aliphatic carbocycles. The number of hydrogen-bond donors (Lipinski definition) is 1. The summed E-state index contributed by atoms with van der Waals surface area (Å²) in [5, 5.41) is 3.61. The summed E-state index contributed by atoms with van der Waals surface area (Å²) in [6.07, 6.45) is 0. The molecule has 94 valence electrons. The molecule has 0 amide bonds. The Hall–Kier alpha value is -2.42. The number of nitrogens with zero attached hydrogens (tertiary/aromatic N) is 1. The molecule has 1 aromatic heterocycles. The Kier molecular flexibility index (Phi) is 2.88. The molecule has 1 heterocycles. The minimum atomic E-state index is -0.238. The number of hydrogen-bond acceptors (Lipinski definition) is 2. The lowest BCUT2D eigenvalue weighted by Crippen LogP contribution is -1.90. The molecule has 0 spiro atoms. The Labute approximate surface area is 110 Å². The van der Waals surface area contributed by atoms with Crippen LogP contribution in [0.4, 0.5) is 10.1 Å². The first kappa shape index (κ1) is 11.7. The highest BCUT2D eigenvalue weighted by Gasteiger charge is 2.06. The maximum absolute atomic E-state index is 14.0. The van der Waals surface area contributed by atoms with Crippen LogP contribution in [0.3, 0.4) is 0 Å². The minimum Gasteiger partial charge on any atom is -0.388 e. The lowest BCUT2D eigenvalue weighted by molar-refractivity contribution is 0.639. The van der Waals surface area contributed by atoms with Crippen molar-refractivity contribution in [2.75, 3.05) is 12.4 Å². The van der Waals surface area contributed by atoms with Crippen LogP contribution in [0.25, 0.3) is 22.2 Å². The minimum absolute atomic E-state index is 0.238. The van der Waals surface area contributed by atoms with Crippen LogP contribution in [-0.2, 0) is 0 Å². The number of fused-ring (bicyclic) bond motifs is 1. The van der Waals surface area contributed by atoms with E-state index in [2.05, 4.69) is 10.3 Å². The van der Waals surface area contributed by atoms with Gasteiger partial charge in [0.25, 0.3) is 0 Å². The van der Waals surface area contributed by atoms with Crippen LogP contribution in [-0.4, -0.2) is 12.0 Å². The summed E-state index contributed by atoms with van der Waals surface area (Å²) in [5.74, 6) is -0.238. The molecular weight excluding hydrogens is 239 g/mol. The Morgan fingerprint density at radius 2 is 1.74 bits per heavy atom. The zero-order valence-electron chi connectivity index (χ0n) is 10.5. The fourth-order valence-corrected chi connectivity index (χ4v) is 2.09. The quantitative estimate of drug-likeness (QED) is 0.743. The molecule has 3 heteroatoms. The molecule has 2 nitrogen and oxygen atoms in total. The number of benzene rings is 2. The molecule has 0 bridgehead atoms. The average molecular weight is 252 g/mol. The van der Waals surface area contributed by atoms with Crippen molar-refractivity contribution in [1.29, 1.82) is 0 Å². The van der Waals surface area contributed by atoms with Gasteiger partial charge < -0.3 is 5.32 Å². The molecule has 0 saturated carbocycles. The highest BCUT2D eigenvalue weighted by molar-refractivity contribution is 5.82. The maximum atomic E-state index is 14.0. The van der Waals surface area contributed by atoms with Crippen molar-refractivity contribution < 1.29 is 4.39 Å². The van der Waals surface area contributed by atoms with Crippen LogP contribution >= 0.6 is 0 Å². The topological polar surface area (TPSA) is 24.9 Å². The van der Waals surface area contributed by atoms with Crippen molar-refractivity contribution in [2.45, 2.75) is 0 Å². The van der Waals surface area contributed by atoms with Gasteiger partial charge >= 0.3 is 0 Å². The summed E-state index contributed by atoms with van der Waals surface area (Å²) in [4.78, 5) is 4.50. The zero-order chi connectivity index (χ0) is 13.2. The van der Waals surface area contributed by atoms with Gasteiger partial charge in [0, 0.05) is 29.8 Å². The van der Waals surface area contributed by atoms with Crippen LogP contribution < -0.4 is 5.32 Å². The molecule has 0 radical (unpaired) electrons. The summed E-state index contributed by atoms with van der Waals surface area (Å²) in [6.45, 7) is 0. The van der Waals surface area contributed by atoms with Gasteiger partial charge in [-0.05, 0) is 24.3 Å². The van der Waals surface area contributed by atoms with Gasteiger partial charge in [0.2, 0.25) is 0 Å². The van der Waals surface area contributed by atoms with Crippen LogP contribution in [0, 0.1) is 5.82 Å². The van der Waals surface area contributed by atoms with Crippen LogP contribution in [0.1, 0.15) is 0 Å². The van der Waals surface area contributed by atoms with E-state index >= 15 is 0 Å². The molecule has 3 aromatic rings. The molecule has 3 rings (SSSR count). The molecule has 1 N–H and O–H groups in total. The first-order valence-corrected chi connectivity index (χ1v) is 6.11. The summed E-state index contributed by atoms with van der Waals surface area (Å²) in [7, 11) is 1.86. The van der Waals surface area contributed by atoms with Gasteiger partial charge in [0.1, 0.15) is 5.82 Å². The number of pyridine rings is 1. The Balaban J connectivity index is 2.14. The number of halogens is 1. The van der Waals surface area contributed by atoms with E-state index < -0.39 is 0 Å². The van der Waals surface area contributed by atoms with E-state index in [1.807, 2.05) is 49.5 Å². The summed E-state index contributed by atoms with van der Waals surface area (Å²) in [6, 6.07) is 16.5. The molecule has 19 heavy (non-hydrogen) atoms. The second kappa shape index (κ2) is 4.69. The third-order valence-electron chi connectivity index (χ3n) is 3.14. The van der Waals surface area contributed by atoms with E-state index in [0.717, 1.165) is 11.3 Å². The third-order valence-corrected chi connectivity index (χ3v) is 3.14. The normalized spacial score (nSPS) is 10.6. The van der Waals surface area contributed by atoms with Gasteiger partial charge in [-0.15, -0.1) is 0 Å². The fourth-order valence-electron chi connectivity index (χ4n) is 2.09. The second-order valence-corrected chi connectivity index (χ2v) is 4.33. The van der Waals surface area contributed by atoms with E-state index in [1.54, 1.807) is 6.07 Å². The molecule has 0 fully saturated rings. The van der Waals surface area contributed by atoms with E-state index in [9.17, 15) is 4.39 Å². The van der Waals surface area contributed by atoms with Crippen molar-refractivity contribution in [3.63, 3.8) is 0 Å². The smallest absolute Gasteiger partial charge is 0.134 e. The predicted molar refractivity (Wildman–Crippen MR) is 76.7 cm³/mol. The number of rotatable bonds is 2. The number of para-hydroxylation sites is 1. The largest absolute Gasteiger partial charge is 0.388 e. The monoisotopic (exact) mass is 252 g/mol.